The van der Waals surface area contributed by atoms with E-state index in [1.165, 1.54) is 29.2 Å². The predicted molar refractivity (Wildman–Crippen MR) is 81.1 cm³/mol. The van der Waals surface area contributed by atoms with Gasteiger partial charge < -0.3 is 4.74 Å². The Morgan fingerprint density at radius 3 is 2.00 bits per heavy atom. The first-order valence-corrected chi connectivity index (χ1v) is 6.87. The van der Waals surface area contributed by atoms with Gasteiger partial charge in [0, 0.05) is 6.92 Å². The van der Waals surface area contributed by atoms with Crippen LogP contribution in [0.1, 0.15) is 29.2 Å². The molecule has 0 aliphatic heterocycles. The molecular formula is C18H20O2. The molecule has 0 bridgehead atoms. The summed E-state index contributed by atoms with van der Waals surface area (Å²) < 4.78 is 5.02. The summed E-state index contributed by atoms with van der Waals surface area (Å²) in [5, 5.41) is 0. The van der Waals surface area contributed by atoms with E-state index in [0.717, 1.165) is 12.8 Å². The maximum atomic E-state index is 10.9. The van der Waals surface area contributed by atoms with Gasteiger partial charge in [-0.2, -0.15) is 0 Å². The number of esters is 1. The Balaban J connectivity index is 1.98. The van der Waals surface area contributed by atoms with Crippen molar-refractivity contribution in [1.82, 2.24) is 0 Å². The molecule has 0 saturated carbocycles. The van der Waals surface area contributed by atoms with Gasteiger partial charge in [0.15, 0.2) is 0 Å². The third-order valence-electron chi connectivity index (χ3n) is 3.17. The quantitative estimate of drug-likeness (QED) is 0.618. The van der Waals surface area contributed by atoms with E-state index in [1.807, 2.05) is 24.3 Å². The van der Waals surface area contributed by atoms with Crippen molar-refractivity contribution in [3.8, 4) is 5.75 Å². The van der Waals surface area contributed by atoms with Gasteiger partial charge in [-0.1, -0.05) is 41.5 Å². The van der Waals surface area contributed by atoms with Crippen LogP contribution in [0.2, 0.25) is 0 Å². The third kappa shape index (κ3) is 4.23. The van der Waals surface area contributed by atoms with Crippen molar-refractivity contribution in [1.29, 1.82) is 0 Å². The third-order valence-corrected chi connectivity index (χ3v) is 3.17. The molecule has 0 atom stereocenters. The van der Waals surface area contributed by atoms with Crippen molar-refractivity contribution in [3.63, 3.8) is 0 Å². The van der Waals surface area contributed by atoms with Crippen LogP contribution in [-0.4, -0.2) is 5.97 Å². The summed E-state index contributed by atoms with van der Waals surface area (Å²) in [6.45, 7) is 5.67. The van der Waals surface area contributed by atoms with E-state index in [-0.39, 0.29) is 5.97 Å². The Kier molecular flexibility index (Phi) is 4.57. The second kappa shape index (κ2) is 6.38. The van der Waals surface area contributed by atoms with Gasteiger partial charge in [0.1, 0.15) is 5.75 Å². The number of benzene rings is 2. The first-order valence-electron chi connectivity index (χ1n) is 6.87. The Hall–Kier alpha value is -2.09. The van der Waals surface area contributed by atoms with Gasteiger partial charge in [-0.05, 0) is 49.9 Å². The smallest absolute Gasteiger partial charge is 0.308 e. The minimum Gasteiger partial charge on any atom is -0.427 e. The standard InChI is InChI=1S/C18H20O2/c1-13-10-14(2)12-17(11-13)5-4-16-6-8-18(9-7-16)20-15(3)19/h6-12H,4-5H2,1-3H3. The molecule has 0 unspecified atom stereocenters. The van der Waals surface area contributed by atoms with E-state index >= 15 is 0 Å². The van der Waals surface area contributed by atoms with Crippen LogP contribution in [0.5, 0.6) is 5.75 Å². The largest absolute Gasteiger partial charge is 0.427 e. The fourth-order valence-electron chi connectivity index (χ4n) is 2.39. The predicted octanol–water partition coefficient (Wildman–Crippen LogP) is 4.01. The zero-order valence-electron chi connectivity index (χ0n) is 12.3. The van der Waals surface area contributed by atoms with E-state index < -0.39 is 0 Å². The summed E-state index contributed by atoms with van der Waals surface area (Å²) in [5.74, 6) is 0.320. The van der Waals surface area contributed by atoms with Crippen LogP contribution in [0.3, 0.4) is 0 Å². The number of rotatable bonds is 4. The van der Waals surface area contributed by atoms with Gasteiger partial charge in [-0.15, -0.1) is 0 Å². The molecular weight excluding hydrogens is 248 g/mol. The first-order chi connectivity index (χ1) is 9.52. The van der Waals surface area contributed by atoms with Crippen molar-refractivity contribution in [2.24, 2.45) is 0 Å². The van der Waals surface area contributed by atoms with Crippen LogP contribution in [0.4, 0.5) is 0 Å². The molecule has 2 rings (SSSR count). The highest BCUT2D eigenvalue weighted by molar-refractivity contribution is 5.69. The summed E-state index contributed by atoms with van der Waals surface area (Å²) in [7, 11) is 0. The van der Waals surface area contributed by atoms with Crippen LogP contribution in [0.15, 0.2) is 42.5 Å². The summed E-state index contributed by atoms with van der Waals surface area (Å²) in [6, 6.07) is 14.4. The topological polar surface area (TPSA) is 26.3 Å². The lowest BCUT2D eigenvalue weighted by molar-refractivity contribution is -0.131. The molecule has 0 aliphatic rings. The normalized spacial score (nSPS) is 10.3. The van der Waals surface area contributed by atoms with Gasteiger partial charge in [0.2, 0.25) is 0 Å². The molecule has 2 aromatic carbocycles. The number of carbonyl (C=O) groups is 1. The Bertz CT molecular complexity index is 577. The molecule has 0 aliphatic carbocycles. The zero-order chi connectivity index (χ0) is 14.5. The van der Waals surface area contributed by atoms with Gasteiger partial charge in [0.25, 0.3) is 0 Å². The molecule has 0 fully saturated rings. The van der Waals surface area contributed by atoms with Crippen LogP contribution in [-0.2, 0) is 17.6 Å². The zero-order valence-corrected chi connectivity index (χ0v) is 12.3. The average Bonchev–Trinajstić information content (AvgIpc) is 2.36. The van der Waals surface area contributed by atoms with Crippen molar-refractivity contribution in [3.05, 3.63) is 64.7 Å². The van der Waals surface area contributed by atoms with Crippen molar-refractivity contribution in [2.45, 2.75) is 33.6 Å². The van der Waals surface area contributed by atoms with E-state index in [4.69, 9.17) is 4.74 Å². The first kappa shape index (κ1) is 14.3. The van der Waals surface area contributed by atoms with Crippen molar-refractivity contribution < 1.29 is 9.53 Å². The summed E-state index contributed by atoms with van der Waals surface area (Å²) in [4.78, 5) is 10.9. The minimum atomic E-state index is -0.284. The molecule has 104 valence electrons. The molecule has 0 aromatic heterocycles. The van der Waals surface area contributed by atoms with Crippen LogP contribution in [0, 0.1) is 13.8 Å². The molecule has 20 heavy (non-hydrogen) atoms. The van der Waals surface area contributed by atoms with Gasteiger partial charge >= 0.3 is 5.97 Å². The lowest BCUT2D eigenvalue weighted by Crippen LogP contribution is -2.01. The molecule has 0 amide bonds. The number of carbonyl (C=O) groups excluding carboxylic acids is 1. The van der Waals surface area contributed by atoms with Crippen LogP contribution in [0.25, 0.3) is 0 Å². The summed E-state index contributed by atoms with van der Waals surface area (Å²) >= 11 is 0. The second-order valence-corrected chi connectivity index (χ2v) is 5.23. The molecule has 0 N–H and O–H groups in total. The molecule has 0 radical (unpaired) electrons. The monoisotopic (exact) mass is 268 g/mol. The van der Waals surface area contributed by atoms with Crippen LogP contribution >= 0.6 is 0 Å². The molecule has 0 saturated heterocycles. The van der Waals surface area contributed by atoms with Crippen molar-refractivity contribution in [2.75, 3.05) is 0 Å². The number of ether oxygens (including phenoxy) is 1. The highest BCUT2D eigenvalue weighted by Crippen LogP contribution is 2.15. The Labute approximate surface area is 120 Å². The number of hydrogen-bond acceptors (Lipinski definition) is 2. The highest BCUT2D eigenvalue weighted by atomic mass is 16.5. The molecule has 2 aromatic rings. The van der Waals surface area contributed by atoms with E-state index in [1.54, 1.807) is 0 Å². The van der Waals surface area contributed by atoms with Gasteiger partial charge in [0.05, 0.1) is 0 Å². The fourth-order valence-corrected chi connectivity index (χ4v) is 2.39. The minimum absolute atomic E-state index is 0.284. The Morgan fingerprint density at radius 1 is 0.900 bits per heavy atom. The number of hydrogen-bond donors (Lipinski definition) is 0. The van der Waals surface area contributed by atoms with Crippen molar-refractivity contribution >= 4 is 5.97 Å². The van der Waals surface area contributed by atoms with E-state index in [0.29, 0.717) is 5.75 Å². The fraction of sp³-hybridized carbons (Fsp3) is 0.278. The SMILES string of the molecule is CC(=O)Oc1ccc(CCc2cc(C)cc(C)c2)cc1. The maximum Gasteiger partial charge on any atom is 0.308 e. The van der Waals surface area contributed by atoms with E-state index in [2.05, 4.69) is 32.0 Å². The van der Waals surface area contributed by atoms with Gasteiger partial charge in [-0.25, -0.2) is 0 Å². The average molecular weight is 268 g/mol. The molecule has 2 heteroatoms. The summed E-state index contributed by atoms with van der Waals surface area (Å²) in [5.41, 5.74) is 5.24. The number of aryl methyl sites for hydroxylation is 4. The van der Waals surface area contributed by atoms with Crippen LogP contribution < -0.4 is 4.74 Å². The molecule has 0 heterocycles. The lowest BCUT2D eigenvalue weighted by Gasteiger charge is -2.06. The molecule has 2 nitrogen and oxygen atoms in total. The highest BCUT2D eigenvalue weighted by Gasteiger charge is 2.00. The maximum absolute atomic E-state index is 10.9. The van der Waals surface area contributed by atoms with Gasteiger partial charge in [-0.3, -0.25) is 4.79 Å². The lowest BCUT2D eigenvalue weighted by atomic mass is 10.0. The summed E-state index contributed by atoms with van der Waals surface area (Å²) in [6.07, 6.45) is 2.01. The molecule has 0 spiro atoms. The second-order valence-electron chi connectivity index (χ2n) is 5.23. The van der Waals surface area contributed by atoms with E-state index in [9.17, 15) is 4.79 Å². The Morgan fingerprint density at radius 2 is 1.45 bits per heavy atom.